The molecule has 2 saturated heterocycles. The Kier molecular flexibility index (Phi) is 5.25. The van der Waals surface area contributed by atoms with E-state index in [1.165, 1.54) is 5.56 Å². The van der Waals surface area contributed by atoms with Crippen LogP contribution in [0, 0.1) is 0 Å². The summed E-state index contributed by atoms with van der Waals surface area (Å²) in [7, 11) is 0. The highest BCUT2D eigenvalue weighted by Crippen LogP contribution is 2.35. The zero-order chi connectivity index (χ0) is 18.1. The minimum atomic E-state index is -0.340. The Balaban J connectivity index is 1.69. The number of carbonyl (C=O) groups is 1. The van der Waals surface area contributed by atoms with Gasteiger partial charge in [0.1, 0.15) is 6.10 Å². The zero-order valence-corrected chi connectivity index (χ0v) is 16.3. The first-order chi connectivity index (χ1) is 12.6. The lowest BCUT2D eigenvalue weighted by atomic mass is 10.0. The average Bonchev–Trinajstić information content (AvgIpc) is 3.39. The van der Waals surface area contributed by atoms with Gasteiger partial charge in [0.05, 0.1) is 22.9 Å². The van der Waals surface area contributed by atoms with Crippen LogP contribution >= 0.6 is 11.3 Å². The van der Waals surface area contributed by atoms with Gasteiger partial charge in [-0.05, 0) is 43.2 Å². The molecule has 2 atom stereocenters. The predicted octanol–water partition coefficient (Wildman–Crippen LogP) is 4.11. The number of rotatable bonds is 5. The van der Waals surface area contributed by atoms with Gasteiger partial charge in [0.15, 0.2) is 5.13 Å². The number of aromatic nitrogens is 1. The van der Waals surface area contributed by atoms with Crippen LogP contribution in [0.15, 0.2) is 18.2 Å². The van der Waals surface area contributed by atoms with Crippen LogP contribution in [0.3, 0.4) is 0 Å². The first kappa shape index (κ1) is 17.9. The number of fused-ring (bicyclic) bond motifs is 1. The van der Waals surface area contributed by atoms with Crippen molar-refractivity contribution in [1.82, 2.24) is 4.98 Å². The van der Waals surface area contributed by atoms with E-state index in [0.717, 1.165) is 47.6 Å². The normalized spacial score (nSPS) is 23.2. The summed E-state index contributed by atoms with van der Waals surface area (Å²) >= 11 is 1.59. The van der Waals surface area contributed by atoms with Crippen LogP contribution in [-0.2, 0) is 14.3 Å². The number of ether oxygens (including phenoxy) is 2. The maximum atomic E-state index is 13.1. The van der Waals surface area contributed by atoms with Crippen molar-refractivity contribution in [3.05, 3.63) is 23.8 Å². The summed E-state index contributed by atoms with van der Waals surface area (Å²) in [6, 6.07) is 6.29. The molecule has 0 saturated carbocycles. The van der Waals surface area contributed by atoms with E-state index in [0.29, 0.717) is 19.1 Å². The quantitative estimate of drug-likeness (QED) is 0.790. The molecule has 2 aliphatic heterocycles. The molecule has 0 N–H and O–H groups in total. The van der Waals surface area contributed by atoms with Crippen molar-refractivity contribution in [2.45, 2.75) is 57.7 Å². The average molecular weight is 375 g/mol. The summed E-state index contributed by atoms with van der Waals surface area (Å²) in [5.41, 5.74) is 2.24. The third-order valence-electron chi connectivity index (χ3n) is 5.17. The summed E-state index contributed by atoms with van der Waals surface area (Å²) in [6.07, 6.45) is 3.55. The molecule has 5 nitrogen and oxygen atoms in total. The molecular formula is C20H26N2O3S. The highest BCUT2D eigenvalue weighted by Gasteiger charge is 2.33. The van der Waals surface area contributed by atoms with Gasteiger partial charge in [-0.2, -0.15) is 0 Å². The lowest BCUT2D eigenvalue weighted by Gasteiger charge is -2.25. The molecule has 3 heterocycles. The van der Waals surface area contributed by atoms with Crippen molar-refractivity contribution in [1.29, 1.82) is 0 Å². The smallest absolute Gasteiger partial charge is 0.257 e. The van der Waals surface area contributed by atoms with E-state index in [1.807, 2.05) is 4.90 Å². The topological polar surface area (TPSA) is 51.7 Å². The highest BCUT2D eigenvalue weighted by atomic mass is 32.1. The fraction of sp³-hybridized carbons (Fsp3) is 0.600. The van der Waals surface area contributed by atoms with Crippen LogP contribution in [0.25, 0.3) is 10.2 Å². The molecular weight excluding hydrogens is 348 g/mol. The standard InChI is InChI=1S/C20H26N2O3S/c1-13(2)15-7-3-9-17-18(15)21-20(26-17)22(12-14-6-4-10-24-14)19(23)16-8-5-11-25-16/h3,7,9,13-14,16H,4-6,8,10-12H2,1-2H3. The second-order valence-corrected chi connectivity index (χ2v) is 8.44. The number of amides is 1. The van der Waals surface area contributed by atoms with Crippen LogP contribution in [0.4, 0.5) is 5.13 Å². The fourth-order valence-electron chi connectivity index (χ4n) is 3.74. The van der Waals surface area contributed by atoms with Gasteiger partial charge in [0, 0.05) is 13.2 Å². The number of nitrogens with zero attached hydrogens (tertiary/aromatic N) is 2. The summed E-state index contributed by atoms with van der Waals surface area (Å²) < 4.78 is 12.6. The summed E-state index contributed by atoms with van der Waals surface area (Å²) in [4.78, 5) is 19.8. The number of para-hydroxylation sites is 1. The van der Waals surface area contributed by atoms with Crippen LogP contribution in [-0.4, -0.2) is 42.9 Å². The van der Waals surface area contributed by atoms with Gasteiger partial charge >= 0.3 is 0 Å². The molecule has 1 amide bonds. The van der Waals surface area contributed by atoms with E-state index in [-0.39, 0.29) is 18.1 Å². The van der Waals surface area contributed by atoms with Crippen LogP contribution in [0.1, 0.15) is 51.0 Å². The molecule has 1 aromatic carbocycles. The van der Waals surface area contributed by atoms with E-state index in [4.69, 9.17) is 14.5 Å². The predicted molar refractivity (Wildman–Crippen MR) is 104 cm³/mol. The number of carbonyl (C=O) groups excluding carboxylic acids is 1. The maximum absolute atomic E-state index is 13.1. The molecule has 1 aromatic heterocycles. The van der Waals surface area contributed by atoms with Crippen LogP contribution in [0.2, 0.25) is 0 Å². The summed E-state index contributed by atoms with van der Waals surface area (Å²) in [5, 5.41) is 0.768. The molecule has 2 aliphatic rings. The molecule has 0 spiro atoms. The molecule has 6 heteroatoms. The Bertz CT molecular complexity index is 776. The SMILES string of the molecule is CC(C)c1cccc2sc(N(CC3CCCO3)C(=O)C3CCCO3)nc12. The van der Waals surface area contributed by atoms with E-state index < -0.39 is 0 Å². The van der Waals surface area contributed by atoms with Crippen LogP contribution < -0.4 is 4.90 Å². The lowest BCUT2D eigenvalue weighted by Crippen LogP contribution is -2.43. The first-order valence-electron chi connectivity index (χ1n) is 9.57. The number of anilines is 1. The minimum absolute atomic E-state index is 0.0307. The van der Waals surface area contributed by atoms with Crippen molar-refractivity contribution < 1.29 is 14.3 Å². The van der Waals surface area contributed by atoms with Crippen molar-refractivity contribution in [3.63, 3.8) is 0 Å². The van der Waals surface area contributed by atoms with E-state index in [9.17, 15) is 4.79 Å². The Labute approximate surface area is 158 Å². The van der Waals surface area contributed by atoms with Crippen molar-refractivity contribution >= 4 is 32.6 Å². The molecule has 4 rings (SSSR count). The van der Waals surface area contributed by atoms with Gasteiger partial charge < -0.3 is 9.47 Å². The molecule has 2 aromatic rings. The summed E-state index contributed by atoms with van der Waals surface area (Å²) in [5.74, 6) is 0.428. The van der Waals surface area contributed by atoms with E-state index >= 15 is 0 Å². The van der Waals surface area contributed by atoms with Gasteiger partial charge in [-0.1, -0.05) is 37.3 Å². The number of hydrogen-bond acceptors (Lipinski definition) is 5. The summed E-state index contributed by atoms with van der Waals surface area (Å²) in [6.45, 7) is 6.37. The minimum Gasteiger partial charge on any atom is -0.376 e. The number of hydrogen-bond donors (Lipinski definition) is 0. The molecule has 2 fully saturated rings. The van der Waals surface area contributed by atoms with E-state index in [2.05, 4.69) is 32.0 Å². The largest absolute Gasteiger partial charge is 0.376 e. The number of benzene rings is 1. The molecule has 26 heavy (non-hydrogen) atoms. The fourth-order valence-corrected chi connectivity index (χ4v) is 4.76. The second kappa shape index (κ2) is 7.62. The second-order valence-electron chi connectivity index (χ2n) is 7.43. The van der Waals surface area contributed by atoms with Crippen LogP contribution in [0.5, 0.6) is 0 Å². The zero-order valence-electron chi connectivity index (χ0n) is 15.4. The first-order valence-corrected chi connectivity index (χ1v) is 10.4. The number of thiazole rings is 1. The Morgan fingerprint density at radius 1 is 1.27 bits per heavy atom. The Morgan fingerprint density at radius 3 is 2.77 bits per heavy atom. The molecule has 0 aliphatic carbocycles. The van der Waals surface area contributed by atoms with Crippen molar-refractivity contribution in [3.8, 4) is 0 Å². The third-order valence-corrected chi connectivity index (χ3v) is 6.22. The van der Waals surface area contributed by atoms with Gasteiger partial charge in [0.2, 0.25) is 0 Å². The van der Waals surface area contributed by atoms with E-state index in [1.54, 1.807) is 11.3 Å². The molecule has 0 radical (unpaired) electrons. The Hall–Kier alpha value is -1.50. The maximum Gasteiger partial charge on any atom is 0.257 e. The molecule has 140 valence electrons. The molecule has 0 bridgehead atoms. The van der Waals surface area contributed by atoms with Gasteiger partial charge in [-0.15, -0.1) is 0 Å². The third kappa shape index (κ3) is 3.50. The van der Waals surface area contributed by atoms with Gasteiger partial charge in [0.25, 0.3) is 5.91 Å². The van der Waals surface area contributed by atoms with Crippen molar-refractivity contribution in [2.24, 2.45) is 0 Å². The van der Waals surface area contributed by atoms with Crippen molar-refractivity contribution in [2.75, 3.05) is 24.7 Å². The highest BCUT2D eigenvalue weighted by molar-refractivity contribution is 7.22. The van der Waals surface area contributed by atoms with Gasteiger partial charge in [-0.3, -0.25) is 9.69 Å². The Morgan fingerprint density at radius 2 is 2.08 bits per heavy atom. The monoisotopic (exact) mass is 374 g/mol. The van der Waals surface area contributed by atoms with Gasteiger partial charge in [-0.25, -0.2) is 4.98 Å². The lowest BCUT2D eigenvalue weighted by molar-refractivity contribution is -0.127. The molecule has 2 unspecified atom stereocenters.